The molecular weight excluding hydrogens is 200 g/mol. The van der Waals surface area contributed by atoms with Crippen LogP contribution in [-0.2, 0) is 0 Å². The van der Waals surface area contributed by atoms with Gasteiger partial charge in [0.1, 0.15) is 5.82 Å². The molecule has 0 saturated carbocycles. The molecule has 0 amide bonds. The first-order chi connectivity index (χ1) is 7.93. The second-order valence-corrected chi connectivity index (χ2v) is 4.00. The van der Waals surface area contributed by atoms with Crippen molar-refractivity contribution in [3.8, 4) is 0 Å². The Hall–Kier alpha value is -1.68. The van der Waals surface area contributed by atoms with E-state index in [-0.39, 0.29) is 0 Å². The average molecular weight is 214 g/mol. The lowest BCUT2D eigenvalue weighted by molar-refractivity contribution is 0.722. The Morgan fingerprint density at radius 1 is 1.31 bits per heavy atom. The van der Waals surface area contributed by atoms with Gasteiger partial charge in [0.05, 0.1) is 5.52 Å². The molecule has 2 aromatic heterocycles. The zero-order valence-electron chi connectivity index (χ0n) is 9.03. The maximum absolute atomic E-state index is 4.52. The van der Waals surface area contributed by atoms with Crippen LogP contribution in [0.25, 0.3) is 16.7 Å². The van der Waals surface area contributed by atoms with E-state index in [2.05, 4.69) is 26.3 Å². The van der Waals surface area contributed by atoms with Crippen molar-refractivity contribution < 1.29 is 0 Å². The summed E-state index contributed by atoms with van der Waals surface area (Å²) in [5, 5.41) is 3.35. The maximum atomic E-state index is 4.52. The topological polar surface area (TPSA) is 53.6 Å². The Kier molecular flexibility index (Phi) is 2.42. The molecule has 16 heavy (non-hydrogen) atoms. The summed E-state index contributed by atoms with van der Waals surface area (Å²) in [5.74, 6) is 0.970. The van der Waals surface area contributed by atoms with Gasteiger partial charge in [0.2, 0.25) is 0 Å². The highest BCUT2D eigenvalue weighted by molar-refractivity contribution is 5.75. The van der Waals surface area contributed by atoms with E-state index >= 15 is 0 Å². The van der Waals surface area contributed by atoms with Crippen LogP contribution in [0.5, 0.6) is 0 Å². The molecule has 0 bridgehead atoms. The number of imidazole rings is 1. The molecule has 1 aliphatic rings. The summed E-state index contributed by atoms with van der Waals surface area (Å²) < 4.78 is 0. The van der Waals surface area contributed by atoms with Crippen molar-refractivity contribution in [1.82, 2.24) is 20.3 Å². The molecular formula is C12H14N4. The zero-order valence-corrected chi connectivity index (χ0v) is 9.03. The van der Waals surface area contributed by atoms with Crippen LogP contribution in [0.3, 0.4) is 0 Å². The lowest BCUT2D eigenvalue weighted by Gasteiger charge is -1.98. The normalized spacial score (nSPS) is 17.1. The minimum absolute atomic E-state index is 0.801. The summed E-state index contributed by atoms with van der Waals surface area (Å²) in [6.45, 7) is 2.01. The van der Waals surface area contributed by atoms with E-state index in [1.807, 2.05) is 12.1 Å². The SMILES string of the molecule is C1=C(c2nc3ncccc3[nH]2)CCCNC1. The number of H-pyrrole nitrogens is 1. The molecule has 4 nitrogen and oxygen atoms in total. The van der Waals surface area contributed by atoms with Gasteiger partial charge in [-0.15, -0.1) is 0 Å². The number of nitrogens with one attached hydrogen (secondary N) is 2. The Labute approximate surface area is 93.8 Å². The first-order valence-corrected chi connectivity index (χ1v) is 5.64. The Bertz CT molecular complexity index is 494. The summed E-state index contributed by atoms with van der Waals surface area (Å²) in [7, 11) is 0. The number of aromatic amines is 1. The molecule has 4 heteroatoms. The van der Waals surface area contributed by atoms with Gasteiger partial charge in [0, 0.05) is 12.7 Å². The molecule has 82 valence electrons. The third kappa shape index (κ3) is 1.72. The average Bonchev–Trinajstić information content (AvgIpc) is 2.56. The molecule has 2 N–H and O–H groups in total. The van der Waals surface area contributed by atoms with Gasteiger partial charge in [-0.2, -0.15) is 0 Å². The van der Waals surface area contributed by atoms with E-state index in [1.165, 1.54) is 5.57 Å². The lowest BCUT2D eigenvalue weighted by Crippen LogP contribution is -2.12. The van der Waals surface area contributed by atoms with Gasteiger partial charge >= 0.3 is 0 Å². The fraction of sp³-hybridized carbons (Fsp3) is 0.333. The number of nitrogens with zero attached hydrogens (tertiary/aromatic N) is 2. The molecule has 0 fully saturated rings. The number of allylic oxidation sites excluding steroid dienone is 1. The minimum atomic E-state index is 0.801. The van der Waals surface area contributed by atoms with Gasteiger partial charge in [-0.1, -0.05) is 6.08 Å². The number of aromatic nitrogens is 3. The Morgan fingerprint density at radius 2 is 2.31 bits per heavy atom. The van der Waals surface area contributed by atoms with Gasteiger partial charge in [-0.05, 0) is 37.1 Å². The lowest BCUT2D eigenvalue weighted by atomic mass is 10.1. The number of hydrogen-bond donors (Lipinski definition) is 2. The molecule has 0 atom stereocenters. The van der Waals surface area contributed by atoms with Crippen molar-refractivity contribution in [1.29, 1.82) is 0 Å². The molecule has 2 aromatic rings. The summed E-state index contributed by atoms with van der Waals surface area (Å²) in [6.07, 6.45) is 6.23. The number of hydrogen-bond acceptors (Lipinski definition) is 3. The molecule has 3 rings (SSSR count). The smallest absolute Gasteiger partial charge is 0.178 e. The van der Waals surface area contributed by atoms with Crippen LogP contribution in [0.4, 0.5) is 0 Å². The van der Waals surface area contributed by atoms with Crippen LogP contribution in [0, 0.1) is 0 Å². The summed E-state index contributed by atoms with van der Waals surface area (Å²) in [5.41, 5.74) is 3.11. The second-order valence-electron chi connectivity index (χ2n) is 4.00. The molecule has 0 aliphatic carbocycles. The summed E-state index contributed by atoms with van der Waals surface area (Å²) >= 11 is 0. The van der Waals surface area contributed by atoms with Crippen LogP contribution >= 0.6 is 0 Å². The van der Waals surface area contributed by atoms with E-state index in [9.17, 15) is 0 Å². The molecule has 0 aromatic carbocycles. The van der Waals surface area contributed by atoms with Gasteiger partial charge in [0.25, 0.3) is 0 Å². The maximum Gasteiger partial charge on any atom is 0.178 e. The van der Waals surface area contributed by atoms with Crippen molar-refractivity contribution in [2.75, 3.05) is 13.1 Å². The monoisotopic (exact) mass is 214 g/mol. The number of pyridine rings is 1. The van der Waals surface area contributed by atoms with Gasteiger partial charge in [-0.25, -0.2) is 9.97 Å². The molecule has 0 spiro atoms. The highest BCUT2D eigenvalue weighted by Crippen LogP contribution is 2.20. The molecule has 0 unspecified atom stereocenters. The van der Waals surface area contributed by atoms with Crippen molar-refractivity contribution in [3.63, 3.8) is 0 Å². The highest BCUT2D eigenvalue weighted by atomic mass is 15.0. The molecule has 0 radical (unpaired) electrons. The van der Waals surface area contributed by atoms with Crippen molar-refractivity contribution in [2.24, 2.45) is 0 Å². The first kappa shape index (κ1) is 9.54. The predicted octanol–water partition coefficient (Wildman–Crippen LogP) is 1.72. The zero-order chi connectivity index (χ0) is 10.8. The van der Waals surface area contributed by atoms with E-state index in [1.54, 1.807) is 6.20 Å². The standard InChI is InChI=1S/C12H14N4/c1-3-9(5-8-13-6-1)11-15-10-4-2-7-14-12(10)16-11/h2,4-5,7,13H,1,3,6,8H2,(H,14,15,16). The predicted molar refractivity (Wildman–Crippen MR) is 64.0 cm³/mol. The van der Waals surface area contributed by atoms with Crippen LogP contribution in [0.2, 0.25) is 0 Å². The third-order valence-electron chi connectivity index (χ3n) is 2.85. The first-order valence-electron chi connectivity index (χ1n) is 5.64. The molecule has 0 saturated heterocycles. The van der Waals surface area contributed by atoms with Crippen molar-refractivity contribution >= 4 is 16.7 Å². The Balaban J connectivity index is 2.01. The Morgan fingerprint density at radius 3 is 3.25 bits per heavy atom. The minimum Gasteiger partial charge on any atom is -0.337 e. The van der Waals surface area contributed by atoms with Crippen molar-refractivity contribution in [3.05, 3.63) is 30.2 Å². The van der Waals surface area contributed by atoms with Crippen LogP contribution in [-0.4, -0.2) is 28.0 Å². The fourth-order valence-electron chi connectivity index (χ4n) is 2.02. The van der Waals surface area contributed by atoms with Gasteiger partial charge < -0.3 is 10.3 Å². The van der Waals surface area contributed by atoms with Crippen LogP contribution in [0.15, 0.2) is 24.4 Å². The van der Waals surface area contributed by atoms with E-state index in [0.717, 1.165) is 42.9 Å². The van der Waals surface area contributed by atoms with Crippen LogP contribution < -0.4 is 5.32 Å². The third-order valence-corrected chi connectivity index (χ3v) is 2.85. The van der Waals surface area contributed by atoms with Gasteiger partial charge in [-0.3, -0.25) is 0 Å². The van der Waals surface area contributed by atoms with Crippen LogP contribution in [0.1, 0.15) is 18.7 Å². The van der Waals surface area contributed by atoms with E-state index in [0.29, 0.717) is 0 Å². The quantitative estimate of drug-likeness (QED) is 0.760. The molecule has 3 heterocycles. The largest absolute Gasteiger partial charge is 0.337 e. The second kappa shape index (κ2) is 4.06. The number of rotatable bonds is 1. The summed E-state index contributed by atoms with van der Waals surface area (Å²) in [6, 6.07) is 3.93. The van der Waals surface area contributed by atoms with E-state index < -0.39 is 0 Å². The number of fused-ring (bicyclic) bond motifs is 1. The molecule has 1 aliphatic heterocycles. The highest BCUT2D eigenvalue weighted by Gasteiger charge is 2.09. The fourth-order valence-corrected chi connectivity index (χ4v) is 2.02. The van der Waals surface area contributed by atoms with Crippen molar-refractivity contribution in [2.45, 2.75) is 12.8 Å². The van der Waals surface area contributed by atoms with E-state index in [4.69, 9.17) is 0 Å². The van der Waals surface area contributed by atoms with Gasteiger partial charge in [0.15, 0.2) is 5.65 Å². The summed E-state index contributed by atoms with van der Waals surface area (Å²) in [4.78, 5) is 12.1.